The average molecular weight is 274 g/mol. The lowest BCUT2D eigenvalue weighted by molar-refractivity contribution is 0.690. The standard InChI is InChI=1S/C15H16ClN3/c1-4-12-5-7-13(8-6-12)9-17-10-14-11(2)18-19(3)15(14)16/h1,5-8,17H,9-10H2,2-3H3. The molecule has 0 atom stereocenters. The van der Waals surface area contributed by atoms with Crippen molar-refractivity contribution in [3.05, 3.63) is 51.8 Å². The van der Waals surface area contributed by atoms with Crippen LogP contribution in [-0.2, 0) is 20.1 Å². The van der Waals surface area contributed by atoms with Gasteiger partial charge in [-0.3, -0.25) is 4.68 Å². The molecule has 0 aliphatic carbocycles. The molecule has 0 radical (unpaired) electrons. The quantitative estimate of drug-likeness (QED) is 0.868. The smallest absolute Gasteiger partial charge is 0.131 e. The molecule has 1 heterocycles. The van der Waals surface area contributed by atoms with E-state index in [1.54, 1.807) is 4.68 Å². The minimum atomic E-state index is 0.688. The second-order valence-corrected chi connectivity index (χ2v) is 4.78. The predicted molar refractivity (Wildman–Crippen MR) is 77.9 cm³/mol. The molecule has 2 aromatic rings. The minimum absolute atomic E-state index is 0.688. The first-order valence-corrected chi connectivity index (χ1v) is 6.44. The summed E-state index contributed by atoms with van der Waals surface area (Å²) in [4.78, 5) is 0. The van der Waals surface area contributed by atoms with E-state index in [-0.39, 0.29) is 0 Å². The van der Waals surface area contributed by atoms with E-state index in [4.69, 9.17) is 18.0 Å². The molecule has 1 N–H and O–H groups in total. The van der Waals surface area contributed by atoms with Crippen molar-refractivity contribution in [2.75, 3.05) is 0 Å². The van der Waals surface area contributed by atoms with Crippen molar-refractivity contribution in [3.63, 3.8) is 0 Å². The fraction of sp³-hybridized carbons (Fsp3) is 0.267. The second kappa shape index (κ2) is 5.92. The van der Waals surface area contributed by atoms with Gasteiger partial charge in [0, 0.05) is 31.3 Å². The lowest BCUT2D eigenvalue weighted by Crippen LogP contribution is -2.13. The van der Waals surface area contributed by atoms with Crippen molar-refractivity contribution >= 4 is 11.6 Å². The van der Waals surface area contributed by atoms with Crippen molar-refractivity contribution in [2.24, 2.45) is 7.05 Å². The Labute approximate surface area is 118 Å². The molecule has 0 fully saturated rings. The summed E-state index contributed by atoms with van der Waals surface area (Å²) in [6.45, 7) is 3.44. The van der Waals surface area contributed by atoms with E-state index in [1.807, 2.05) is 38.2 Å². The van der Waals surface area contributed by atoms with E-state index in [0.29, 0.717) is 11.7 Å². The lowest BCUT2D eigenvalue weighted by Gasteiger charge is -2.05. The van der Waals surface area contributed by atoms with Crippen LogP contribution in [-0.4, -0.2) is 9.78 Å². The number of rotatable bonds is 4. The van der Waals surface area contributed by atoms with Crippen LogP contribution in [0.2, 0.25) is 5.15 Å². The maximum Gasteiger partial charge on any atom is 0.131 e. The fourth-order valence-corrected chi connectivity index (χ4v) is 2.17. The molecule has 0 bridgehead atoms. The molecular weight excluding hydrogens is 258 g/mol. The molecule has 0 unspecified atom stereocenters. The van der Waals surface area contributed by atoms with Crippen LogP contribution in [0.1, 0.15) is 22.4 Å². The van der Waals surface area contributed by atoms with E-state index < -0.39 is 0 Å². The molecule has 19 heavy (non-hydrogen) atoms. The SMILES string of the molecule is C#Cc1ccc(CNCc2c(C)nn(C)c2Cl)cc1. The Morgan fingerprint density at radius 3 is 2.53 bits per heavy atom. The summed E-state index contributed by atoms with van der Waals surface area (Å²) in [6, 6.07) is 7.94. The van der Waals surface area contributed by atoms with Crippen LogP contribution in [0.15, 0.2) is 24.3 Å². The number of aryl methyl sites for hydroxylation is 2. The molecule has 0 saturated carbocycles. The fourth-order valence-electron chi connectivity index (χ4n) is 1.93. The Balaban J connectivity index is 1.94. The number of nitrogens with one attached hydrogen (secondary N) is 1. The Bertz CT molecular complexity index is 606. The summed E-state index contributed by atoms with van der Waals surface area (Å²) in [5.74, 6) is 2.60. The molecule has 1 aromatic heterocycles. The van der Waals surface area contributed by atoms with Crippen molar-refractivity contribution in [2.45, 2.75) is 20.0 Å². The van der Waals surface area contributed by atoms with Crippen LogP contribution in [0.25, 0.3) is 0 Å². The Morgan fingerprint density at radius 1 is 1.32 bits per heavy atom. The largest absolute Gasteiger partial charge is 0.308 e. The van der Waals surface area contributed by atoms with Gasteiger partial charge in [0.2, 0.25) is 0 Å². The van der Waals surface area contributed by atoms with E-state index >= 15 is 0 Å². The topological polar surface area (TPSA) is 29.9 Å². The van der Waals surface area contributed by atoms with Gasteiger partial charge in [0.1, 0.15) is 5.15 Å². The molecule has 0 aliphatic heterocycles. The van der Waals surface area contributed by atoms with Crippen LogP contribution in [0, 0.1) is 19.3 Å². The van der Waals surface area contributed by atoms with Crippen LogP contribution in [0.3, 0.4) is 0 Å². The maximum absolute atomic E-state index is 6.17. The van der Waals surface area contributed by atoms with Gasteiger partial charge in [-0.05, 0) is 24.6 Å². The highest BCUT2D eigenvalue weighted by atomic mass is 35.5. The summed E-state index contributed by atoms with van der Waals surface area (Å²) < 4.78 is 1.69. The van der Waals surface area contributed by atoms with Gasteiger partial charge in [0.25, 0.3) is 0 Å². The number of benzene rings is 1. The number of hydrogen-bond acceptors (Lipinski definition) is 2. The molecule has 3 nitrogen and oxygen atoms in total. The van der Waals surface area contributed by atoms with Crippen molar-refractivity contribution in [1.29, 1.82) is 0 Å². The first-order valence-electron chi connectivity index (χ1n) is 6.06. The monoisotopic (exact) mass is 273 g/mol. The Kier molecular flexibility index (Phi) is 4.26. The van der Waals surface area contributed by atoms with E-state index in [1.165, 1.54) is 5.56 Å². The Hall–Kier alpha value is -1.76. The van der Waals surface area contributed by atoms with Crippen molar-refractivity contribution in [1.82, 2.24) is 15.1 Å². The van der Waals surface area contributed by atoms with Gasteiger partial charge in [0.15, 0.2) is 0 Å². The van der Waals surface area contributed by atoms with Gasteiger partial charge in [0.05, 0.1) is 5.69 Å². The number of terminal acetylenes is 1. The van der Waals surface area contributed by atoms with E-state index in [2.05, 4.69) is 16.3 Å². The van der Waals surface area contributed by atoms with Gasteiger partial charge in [-0.2, -0.15) is 5.10 Å². The van der Waals surface area contributed by atoms with Gasteiger partial charge in [-0.25, -0.2) is 0 Å². The third-order valence-electron chi connectivity index (χ3n) is 3.02. The normalized spacial score (nSPS) is 10.4. The molecule has 0 amide bonds. The number of aromatic nitrogens is 2. The van der Waals surface area contributed by atoms with Gasteiger partial charge in [-0.1, -0.05) is 29.7 Å². The second-order valence-electron chi connectivity index (χ2n) is 4.42. The molecule has 98 valence electrons. The molecule has 0 aliphatic rings. The average Bonchev–Trinajstić information content (AvgIpc) is 2.66. The third-order valence-corrected chi connectivity index (χ3v) is 3.49. The highest BCUT2D eigenvalue weighted by Crippen LogP contribution is 2.18. The number of hydrogen-bond donors (Lipinski definition) is 1. The van der Waals surface area contributed by atoms with Crippen molar-refractivity contribution < 1.29 is 0 Å². The zero-order chi connectivity index (χ0) is 13.8. The highest BCUT2D eigenvalue weighted by Gasteiger charge is 2.10. The Morgan fingerprint density at radius 2 is 2.00 bits per heavy atom. The van der Waals surface area contributed by atoms with Gasteiger partial charge < -0.3 is 5.32 Å². The molecule has 0 spiro atoms. The van der Waals surface area contributed by atoms with Crippen LogP contribution in [0.5, 0.6) is 0 Å². The van der Waals surface area contributed by atoms with E-state index in [9.17, 15) is 0 Å². The zero-order valence-electron chi connectivity index (χ0n) is 11.1. The summed E-state index contributed by atoms with van der Waals surface area (Å²) in [5, 5.41) is 8.33. The minimum Gasteiger partial charge on any atom is -0.308 e. The predicted octanol–water partition coefficient (Wildman–Crippen LogP) is 2.65. The van der Waals surface area contributed by atoms with Crippen LogP contribution in [0.4, 0.5) is 0 Å². The molecule has 4 heteroatoms. The van der Waals surface area contributed by atoms with Gasteiger partial charge in [-0.15, -0.1) is 6.42 Å². The molecule has 0 saturated heterocycles. The molecule has 2 rings (SSSR count). The molecular formula is C15H16ClN3. The third kappa shape index (κ3) is 3.17. The first-order chi connectivity index (χ1) is 9.11. The van der Waals surface area contributed by atoms with E-state index in [0.717, 1.165) is 23.4 Å². The molecule has 1 aromatic carbocycles. The number of nitrogens with zero attached hydrogens (tertiary/aromatic N) is 2. The first kappa shape index (κ1) is 13.7. The summed E-state index contributed by atoms with van der Waals surface area (Å²) >= 11 is 6.17. The lowest BCUT2D eigenvalue weighted by atomic mass is 10.1. The van der Waals surface area contributed by atoms with Crippen LogP contribution >= 0.6 is 11.6 Å². The summed E-state index contributed by atoms with van der Waals surface area (Å²) in [6.07, 6.45) is 5.32. The number of halogens is 1. The van der Waals surface area contributed by atoms with Crippen LogP contribution < -0.4 is 5.32 Å². The zero-order valence-corrected chi connectivity index (χ0v) is 11.8. The van der Waals surface area contributed by atoms with Crippen molar-refractivity contribution in [3.8, 4) is 12.3 Å². The van der Waals surface area contributed by atoms with Gasteiger partial charge >= 0.3 is 0 Å². The summed E-state index contributed by atoms with van der Waals surface area (Å²) in [5.41, 5.74) is 4.10. The maximum atomic E-state index is 6.17. The highest BCUT2D eigenvalue weighted by molar-refractivity contribution is 6.30. The summed E-state index contributed by atoms with van der Waals surface area (Å²) in [7, 11) is 1.84.